The zero-order chi connectivity index (χ0) is 11.3. The standard InChI is InChI=1S/C10H12N2O3/c11-10(15)12-8(9(13)14)6-7-4-2-1-3-5-7/h1-5,8H,6H2,(H,13,14)(H3,11,12,15)/t8-/m0/s1/i10+1. The lowest BCUT2D eigenvalue weighted by Crippen LogP contribution is -2.44. The van der Waals surface area contributed by atoms with Gasteiger partial charge >= 0.3 is 12.0 Å². The first-order chi connectivity index (χ1) is 7.09. The van der Waals surface area contributed by atoms with Crippen LogP contribution in [-0.2, 0) is 11.2 Å². The van der Waals surface area contributed by atoms with Gasteiger partial charge in [-0.3, -0.25) is 0 Å². The normalized spacial score (nSPS) is 11.7. The van der Waals surface area contributed by atoms with Gasteiger partial charge in [-0.15, -0.1) is 0 Å². The first-order valence-electron chi connectivity index (χ1n) is 4.42. The van der Waals surface area contributed by atoms with E-state index in [1.165, 1.54) is 0 Å². The summed E-state index contributed by atoms with van der Waals surface area (Å²) >= 11 is 0. The predicted molar refractivity (Wildman–Crippen MR) is 54.3 cm³/mol. The fraction of sp³-hybridized carbons (Fsp3) is 0.200. The summed E-state index contributed by atoms with van der Waals surface area (Å²) in [6.45, 7) is 0. The maximum atomic E-state index is 10.8. The van der Waals surface area contributed by atoms with Crippen molar-refractivity contribution < 1.29 is 14.7 Å². The van der Waals surface area contributed by atoms with Crippen molar-refractivity contribution in [2.24, 2.45) is 5.73 Å². The quantitative estimate of drug-likeness (QED) is 0.625. The average molecular weight is 209 g/mol. The summed E-state index contributed by atoms with van der Waals surface area (Å²) in [5.41, 5.74) is 5.70. The highest BCUT2D eigenvalue weighted by Crippen LogP contribution is 2.03. The minimum Gasteiger partial charge on any atom is -0.480 e. The van der Waals surface area contributed by atoms with Crippen LogP contribution in [0.5, 0.6) is 0 Å². The Bertz CT molecular complexity index is 351. The van der Waals surface area contributed by atoms with Crippen molar-refractivity contribution in [3.05, 3.63) is 35.9 Å². The van der Waals surface area contributed by atoms with Crippen LogP contribution in [0.3, 0.4) is 0 Å². The number of hydrogen-bond acceptors (Lipinski definition) is 2. The smallest absolute Gasteiger partial charge is 0.326 e. The van der Waals surface area contributed by atoms with Crippen LogP contribution in [0.25, 0.3) is 0 Å². The molecule has 5 heteroatoms. The van der Waals surface area contributed by atoms with Crippen molar-refractivity contribution in [1.29, 1.82) is 0 Å². The minimum atomic E-state index is -1.10. The van der Waals surface area contributed by atoms with Gasteiger partial charge in [0.05, 0.1) is 0 Å². The predicted octanol–water partition coefficient (Wildman–Crippen LogP) is 0.351. The minimum absolute atomic E-state index is 0.221. The van der Waals surface area contributed by atoms with Crippen LogP contribution in [-0.4, -0.2) is 23.1 Å². The Morgan fingerprint density at radius 2 is 1.93 bits per heavy atom. The van der Waals surface area contributed by atoms with Crippen LogP contribution in [0.2, 0.25) is 0 Å². The van der Waals surface area contributed by atoms with E-state index in [-0.39, 0.29) is 6.42 Å². The highest BCUT2D eigenvalue weighted by atomic mass is 16.4. The molecular formula is C10H12N2O3. The lowest BCUT2D eigenvalue weighted by molar-refractivity contribution is -0.139. The van der Waals surface area contributed by atoms with E-state index >= 15 is 0 Å². The van der Waals surface area contributed by atoms with Crippen LogP contribution in [0.1, 0.15) is 5.56 Å². The van der Waals surface area contributed by atoms with E-state index in [4.69, 9.17) is 10.8 Å². The van der Waals surface area contributed by atoms with Gasteiger partial charge in [-0.1, -0.05) is 30.3 Å². The molecule has 0 radical (unpaired) electrons. The number of aliphatic carboxylic acids is 1. The lowest BCUT2D eigenvalue weighted by Gasteiger charge is -2.12. The van der Waals surface area contributed by atoms with Gasteiger partial charge in [0.25, 0.3) is 0 Å². The third kappa shape index (κ3) is 3.68. The molecule has 0 heterocycles. The average Bonchev–Trinajstić information content (AvgIpc) is 2.17. The molecule has 2 amide bonds. The Hall–Kier alpha value is -2.04. The summed E-state index contributed by atoms with van der Waals surface area (Å²) < 4.78 is 0. The maximum absolute atomic E-state index is 10.8. The van der Waals surface area contributed by atoms with E-state index in [2.05, 4.69) is 5.32 Å². The second kappa shape index (κ2) is 4.99. The second-order valence-corrected chi connectivity index (χ2v) is 3.09. The third-order valence-corrected chi connectivity index (χ3v) is 1.90. The summed E-state index contributed by atoms with van der Waals surface area (Å²) in [5, 5.41) is 11.0. The van der Waals surface area contributed by atoms with Gasteiger partial charge in [-0.2, -0.15) is 0 Å². The summed E-state index contributed by atoms with van der Waals surface area (Å²) in [4.78, 5) is 21.3. The van der Waals surface area contributed by atoms with Crippen LogP contribution in [0.15, 0.2) is 30.3 Å². The van der Waals surface area contributed by atoms with Crippen molar-refractivity contribution in [2.45, 2.75) is 12.5 Å². The van der Waals surface area contributed by atoms with Crippen LogP contribution in [0, 0.1) is 0 Å². The molecule has 0 aromatic heterocycles. The van der Waals surface area contributed by atoms with E-state index in [0.717, 1.165) is 5.56 Å². The number of nitrogens with one attached hydrogen (secondary N) is 1. The Morgan fingerprint density at radius 3 is 2.40 bits per heavy atom. The maximum Gasteiger partial charge on any atom is 0.326 e. The van der Waals surface area contributed by atoms with Crippen LogP contribution < -0.4 is 11.1 Å². The molecule has 0 saturated carbocycles. The lowest BCUT2D eigenvalue weighted by atomic mass is 10.1. The topological polar surface area (TPSA) is 92.4 Å². The van der Waals surface area contributed by atoms with Gasteiger partial charge in [-0.05, 0) is 5.56 Å². The van der Waals surface area contributed by atoms with Crippen molar-refractivity contribution >= 4 is 12.0 Å². The van der Waals surface area contributed by atoms with E-state index in [0.29, 0.717) is 0 Å². The van der Waals surface area contributed by atoms with Crippen molar-refractivity contribution in [3.8, 4) is 0 Å². The molecule has 0 spiro atoms. The number of amides is 2. The number of carbonyl (C=O) groups is 2. The van der Waals surface area contributed by atoms with Crippen LogP contribution in [0.4, 0.5) is 4.79 Å². The highest BCUT2D eigenvalue weighted by molar-refractivity contribution is 5.81. The Kier molecular flexibility index (Phi) is 3.68. The number of primary amides is 1. The molecule has 0 aliphatic rings. The van der Waals surface area contributed by atoms with Gasteiger partial charge < -0.3 is 16.2 Å². The summed E-state index contributed by atoms with van der Waals surface area (Å²) in [6.07, 6.45) is 0.221. The van der Waals surface area contributed by atoms with Crippen molar-refractivity contribution in [1.82, 2.24) is 5.32 Å². The molecule has 0 aliphatic heterocycles. The first kappa shape index (κ1) is 11.0. The largest absolute Gasteiger partial charge is 0.480 e. The highest BCUT2D eigenvalue weighted by Gasteiger charge is 2.18. The van der Waals surface area contributed by atoms with Crippen LogP contribution >= 0.6 is 0 Å². The fourth-order valence-electron chi connectivity index (χ4n) is 1.22. The van der Waals surface area contributed by atoms with E-state index in [1.807, 2.05) is 6.07 Å². The zero-order valence-electron chi connectivity index (χ0n) is 8.01. The van der Waals surface area contributed by atoms with E-state index in [1.54, 1.807) is 24.3 Å². The molecule has 0 saturated heterocycles. The molecular weight excluding hydrogens is 197 g/mol. The molecule has 0 aliphatic carbocycles. The van der Waals surface area contributed by atoms with Gasteiger partial charge in [0.15, 0.2) is 0 Å². The van der Waals surface area contributed by atoms with Crippen molar-refractivity contribution in [3.63, 3.8) is 0 Å². The number of rotatable bonds is 4. The second-order valence-electron chi connectivity index (χ2n) is 3.09. The van der Waals surface area contributed by atoms with Gasteiger partial charge in [0.1, 0.15) is 6.04 Å². The molecule has 1 rings (SSSR count). The Morgan fingerprint density at radius 1 is 1.33 bits per heavy atom. The molecule has 0 fully saturated rings. The molecule has 1 aromatic carbocycles. The molecule has 15 heavy (non-hydrogen) atoms. The molecule has 1 aromatic rings. The summed E-state index contributed by atoms with van der Waals surface area (Å²) in [5.74, 6) is -1.10. The fourth-order valence-corrected chi connectivity index (χ4v) is 1.22. The van der Waals surface area contributed by atoms with Gasteiger partial charge in [0.2, 0.25) is 0 Å². The monoisotopic (exact) mass is 209 g/mol. The number of urea groups is 1. The van der Waals surface area contributed by atoms with Gasteiger partial charge in [-0.25, -0.2) is 9.59 Å². The molecule has 4 N–H and O–H groups in total. The SMILES string of the molecule is N[13C](=O)N[C@@H](Cc1ccccc1)C(=O)O. The summed E-state index contributed by atoms with van der Waals surface area (Å²) in [6, 6.07) is 7.21. The number of benzene rings is 1. The van der Waals surface area contributed by atoms with E-state index in [9.17, 15) is 9.59 Å². The molecule has 1 atom stereocenters. The summed E-state index contributed by atoms with van der Waals surface area (Å²) in [7, 11) is 0. The molecule has 0 bridgehead atoms. The number of nitrogens with two attached hydrogens (primary N) is 1. The molecule has 5 nitrogen and oxygen atoms in total. The van der Waals surface area contributed by atoms with Gasteiger partial charge in [0, 0.05) is 6.42 Å². The Labute approximate surface area is 86.9 Å². The molecule has 80 valence electrons. The van der Waals surface area contributed by atoms with E-state index < -0.39 is 18.0 Å². The number of hydrogen-bond donors (Lipinski definition) is 3. The molecule has 0 unspecified atom stereocenters. The van der Waals surface area contributed by atoms with Crippen molar-refractivity contribution in [2.75, 3.05) is 0 Å². The number of carbonyl (C=O) groups excluding carboxylic acids is 1. The number of carboxylic acids is 1. The zero-order valence-corrected chi connectivity index (χ0v) is 8.01. The Balaban J connectivity index is 2.67. The third-order valence-electron chi connectivity index (χ3n) is 1.90. The first-order valence-corrected chi connectivity index (χ1v) is 4.42. The number of carboxylic acid groups (broad SMARTS) is 1.